The zero-order valence-corrected chi connectivity index (χ0v) is 9.83. The number of hydrogen-bond donors (Lipinski definition) is 1. The van der Waals surface area contributed by atoms with Crippen molar-refractivity contribution in [3.05, 3.63) is 51.0 Å². The summed E-state index contributed by atoms with van der Waals surface area (Å²) >= 11 is 1.16. The highest BCUT2D eigenvalue weighted by Crippen LogP contribution is 2.18. The molecule has 0 amide bonds. The molecule has 84 valence electrons. The van der Waals surface area contributed by atoms with Crippen LogP contribution in [0.2, 0.25) is 0 Å². The summed E-state index contributed by atoms with van der Waals surface area (Å²) in [7, 11) is 0. The van der Waals surface area contributed by atoms with Crippen molar-refractivity contribution in [2.24, 2.45) is 0 Å². The van der Waals surface area contributed by atoms with Crippen molar-refractivity contribution >= 4 is 17.4 Å². The van der Waals surface area contributed by atoms with Crippen LogP contribution in [0.4, 0.5) is 0 Å². The molecule has 1 N–H and O–H groups in total. The Hall–Kier alpha value is -2.12. The van der Waals surface area contributed by atoms with Gasteiger partial charge in [-0.25, -0.2) is 0 Å². The maximum Gasteiger partial charge on any atom is 0.304 e. The van der Waals surface area contributed by atoms with E-state index in [0.29, 0.717) is 6.42 Å². The molecule has 0 atom stereocenters. The number of nitrogens with zero attached hydrogens (tertiary/aromatic N) is 1. The Kier molecular flexibility index (Phi) is 3.53. The van der Waals surface area contributed by atoms with E-state index in [-0.39, 0.29) is 4.87 Å². The van der Waals surface area contributed by atoms with Crippen molar-refractivity contribution < 1.29 is 0 Å². The minimum Gasteiger partial charge on any atom is -0.312 e. The highest BCUT2D eigenvalue weighted by atomic mass is 32.1. The molecular formula is C13H10N2OS. The Labute approximate surface area is 103 Å². The second-order valence-electron chi connectivity index (χ2n) is 3.45. The van der Waals surface area contributed by atoms with Crippen LogP contribution in [0, 0.1) is 11.3 Å². The first-order valence-electron chi connectivity index (χ1n) is 5.11. The zero-order chi connectivity index (χ0) is 12.1. The molecule has 0 bridgehead atoms. The predicted molar refractivity (Wildman–Crippen MR) is 69.6 cm³/mol. The molecule has 1 aromatic carbocycles. The normalized spacial score (nSPS) is 10.5. The average molecular weight is 242 g/mol. The minimum atomic E-state index is -0.0435. The monoisotopic (exact) mass is 242 g/mol. The lowest BCUT2D eigenvalue weighted by Crippen LogP contribution is -1.92. The largest absolute Gasteiger partial charge is 0.312 e. The lowest BCUT2D eigenvalue weighted by molar-refractivity contribution is 1.34. The number of aromatic nitrogens is 1. The van der Waals surface area contributed by atoms with Crippen LogP contribution in [0.5, 0.6) is 0 Å². The second-order valence-corrected chi connectivity index (χ2v) is 4.29. The van der Waals surface area contributed by atoms with Gasteiger partial charge in [-0.2, -0.15) is 5.26 Å². The molecule has 4 heteroatoms. The highest BCUT2D eigenvalue weighted by Gasteiger charge is 1.99. The number of rotatable bonds is 3. The number of aromatic amines is 1. The number of thiazole rings is 1. The smallest absolute Gasteiger partial charge is 0.304 e. The van der Waals surface area contributed by atoms with E-state index in [2.05, 4.69) is 11.1 Å². The van der Waals surface area contributed by atoms with E-state index in [1.54, 1.807) is 0 Å². The van der Waals surface area contributed by atoms with Gasteiger partial charge in [-0.15, -0.1) is 0 Å². The first-order valence-corrected chi connectivity index (χ1v) is 5.99. The number of benzene rings is 1. The molecule has 0 fully saturated rings. The first kappa shape index (κ1) is 11.4. The molecule has 1 heterocycles. The fourth-order valence-corrected chi connectivity index (χ4v) is 2.03. The van der Waals surface area contributed by atoms with Gasteiger partial charge >= 0.3 is 4.87 Å². The van der Waals surface area contributed by atoms with Crippen molar-refractivity contribution in [2.45, 2.75) is 6.42 Å². The SMILES string of the molecule is N#CCC=Cc1ccc(-c2csc(=O)[nH]2)cc1. The quantitative estimate of drug-likeness (QED) is 0.899. The lowest BCUT2D eigenvalue weighted by Gasteiger charge is -1.98. The fourth-order valence-electron chi connectivity index (χ4n) is 1.44. The van der Waals surface area contributed by atoms with Gasteiger partial charge in [0.1, 0.15) is 0 Å². The number of allylic oxidation sites excluding steroid dienone is 1. The van der Waals surface area contributed by atoms with Crippen molar-refractivity contribution in [2.75, 3.05) is 0 Å². The van der Waals surface area contributed by atoms with Crippen molar-refractivity contribution in [3.63, 3.8) is 0 Å². The Morgan fingerprint density at radius 3 is 2.71 bits per heavy atom. The zero-order valence-electron chi connectivity index (χ0n) is 9.01. The van der Waals surface area contributed by atoms with Gasteiger partial charge in [0.25, 0.3) is 0 Å². The van der Waals surface area contributed by atoms with Gasteiger partial charge in [-0.05, 0) is 11.1 Å². The maximum absolute atomic E-state index is 11.0. The topological polar surface area (TPSA) is 56.6 Å². The van der Waals surface area contributed by atoms with Crippen LogP contribution in [-0.4, -0.2) is 4.98 Å². The molecule has 0 saturated heterocycles. The van der Waals surface area contributed by atoms with Crippen LogP contribution >= 0.6 is 11.3 Å². The van der Waals surface area contributed by atoms with Gasteiger partial charge < -0.3 is 4.98 Å². The molecule has 2 rings (SSSR count). The Balaban J connectivity index is 2.19. The Bertz CT molecular complexity index is 614. The van der Waals surface area contributed by atoms with Crippen LogP contribution in [0.25, 0.3) is 17.3 Å². The molecule has 17 heavy (non-hydrogen) atoms. The van der Waals surface area contributed by atoms with E-state index in [1.807, 2.05) is 41.8 Å². The summed E-state index contributed by atoms with van der Waals surface area (Å²) in [6.45, 7) is 0. The molecule has 0 aliphatic rings. The highest BCUT2D eigenvalue weighted by molar-refractivity contribution is 7.07. The van der Waals surface area contributed by atoms with Crippen LogP contribution in [0.3, 0.4) is 0 Å². The van der Waals surface area contributed by atoms with E-state index in [0.717, 1.165) is 28.2 Å². The fraction of sp³-hybridized carbons (Fsp3) is 0.0769. The third-order valence-corrected chi connectivity index (χ3v) is 2.93. The Morgan fingerprint density at radius 1 is 1.35 bits per heavy atom. The van der Waals surface area contributed by atoms with Gasteiger partial charge in [0, 0.05) is 5.38 Å². The molecule has 2 aromatic rings. The third kappa shape index (κ3) is 2.92. The summed E-state index contributed by atoms with van der Waals surface area (Å²) in [6.07, 6.45) is 4.14. The van der Waals surface area contributed by atoms with Gasteiger partial charge in [0.15, 0.2) is 0 Å². The summed E-state index contributed by atoms with van der Waals surface area (Å²) in [6, 6.07) is 9.86. The average Bonchev–Trinajstić information content (AvgIpc) is 2.77. The van der Waals surface area contributed by atoms with Gasteiger partial charge in [0.2, 0.25) is 0 Å². The molecule has 1 aromatic heterocycles. The van der Waals surface area contributed by atoms with Crippen LogP contribution < -0.4 is 4.87 Å². The molecule has 0 saturated carbocycles. The standard InChI is InChI=1S/C13H10N2OS/c14-8-2-1-3-10-4-6-11(7-5-10)12-9-17-13(16)15-12/h1,3-7,9H,2H2,(H,15,16). The summed E-state index contributed by atoms with van der Waals surface area (Å²) in [5, 5.41) is 10.2. The molecule has 0 aliphatic carbocycles. The summed E-state index contributed by atoms with van der Waals surface area (Å²) in [4.78, 5) is 13.7. The van der Waals surface area contributed by atoms with Gasteiger partial charge in [-0.3, -0.25) is 4.79 Å². The molecular weight excluding hydrogens is 232 g/mol. The van der Waals surface area contributed by atoms with Crippen LogP contribution in [0.1, 0.15) is 12.0 Å². The van der Waals surface area contributed by atoms with Crippen molar-refractivity contribution in [1.82, 2.24) is 4.98 Å². The van der Waals surface area contributed by atoms with E-state index < -0.39 is 0 Å². The summed E-state index contributed by atoms with van der Waals surface area (Å²) in [5.74, 6) is 0. The number of H-pyrrole nitrogens is 1. The predicted octanol–water partition coefficient (Wildman–Crippen LogP) is 3.03. The third-order valence-electron chi connectivity index (χ3n) is 2.26. The van der Waals surface area contributed by atoms with Crippen molar-refractivity contribution in [3.8, 4) is 17.3 Å². The van der Waals surface area contributed by atoms with Crippen LogP contribution in [0.15, 0.2) is 40.5 Å². The maximum atomic E-state index is 11.0. The molecule has 0 aliphatic heterocycles. The number of nitriles is 1. The number of hydrogen-bond acceptors (Lipinski definition) is 3. The molecule has 0 radical (unpaired) electrons. The first-order chi connectivity index (χ1) is 8.29. The minimum absolute atomic E-state index is 0.0435. The Morgan fingerprint density at radius 2 is 2.12 bits per heavy atom. The lowest BCUT2D eigenvalue weighted by atomic mass is 10.1. The number of nitrogens with one attached hydrogen (secondary N) is 1. The summed E-state index contributed by atoms with van der Waals surface area (Å²) < 4.78 is 0. The van der Waals surface area contributed by atoms with E-state index in [9.17, 15) is 4.79 Å². The molecule has 3 nitrogen and oxygen atoms in total. The van der Waals surface area contributed by atoms with Crippen LogP contribution in [-0.2, 0) is 0 Å². The summed E-state index contributed by atoms with van der Waals surface area (Å²) in [5.41, 5.74) is 2.87. The van der Waals surface area contributed by atoms with E-state index in [1.165, 1.54) is 0 Å². The van der Waals surface area contributed by atoms with Gasteiger partial charge in [0.05, 0.1) is 18.2 Å². The molecule has 0 spiro atoms. The van der Waals surface area contributed by atoms with E-state index in [4.69, 9.17) is 5.26 Å². The van der Waals surface area contributed by atoms with E-state index >= 15 is 0 Å². The second kappa shape index (κ2) is 5.28. The van der Waals surface area contributed by atoms with Crippen molar-refractivity contribution in [1.29, 1.82) is 5.26 Å². The van der Waals surface area contributed by atoms with Gasteiger partial charge in [-0.1, -0.05) is 47.8 Å². The molecule has 0 unspecified atom stereocenters.